The van der Waals surface area contributed by atoms with Crippen LogP contribution < -0.4 is 9.64 Å². The Kier molecular flexibility index (Phi) is 6.33. The fourth-order valence-electron chi connectivity index (χ4n) is 3.47. The summed E-state index contributed by atoms with van der Waals surface area (Å²) in [5, 5.41) is 10.3. The molecule has 2 fully saturated rings. The van der Waals surface area contributed by atoms with Gasteiger partial charge in [0.1, 0.15) is 11.6 Å². The first-order valence-electron chi connectivity index (χ1n) is 9.14. The Morgan fingerprint density at radius 2 is 1.85 bits per heavy atom. The van der Waals surface area contributed by atoms with Gasteiger partial charge in [0.05, 0.1) is 32.3 Å². The number of hydrogen-bond donors (Lipinski definition) is 1. The van der Waals surface area contributed by atoms with Gasteiger partial charge in [-0.1, -0.05) is 6.07 Å². The molecule has 33 heavy (non-hydrogen) atoms. The first-order chi connectivity index (χ1) is 15.3. The van der Waals surface area contributed by atoms with E-state index in [2.05, 4.69) is 4.98 Å². The third-order valence-electron chi connectivity index (χ3n) is 5.09. The van der Waals surface area contributed by atoms with Crippen LogP contribution in [0.3, 0.4) is 0 Å². The number of hydrogen-bond acceptors (Lipinski definition) is 6. The summed E-state index contributed by atoms with van der Waals surface area (Å²) in [6.07, 6.45) is -3.63. The summed E-state index contributed by atoms with van der Waals surface area (Å²) in [5.74, 6) is -3.78. The molecule has 4 heterocycles. The molecule has 2 saturated heterocycles. The zero-order chi connectivity index (χ0) is 24.6. The molecule has 0 bridgehead atoms. The van der Waals surface area contributed by atoms with Crippen molar-refractivity contribution in [1.29, 1.82) is 0 Å². The summed E-state index contributed by atoms with van der Waals surface area (Å²) in [4.78, 5) is 40.2. The number of carboxylic acids is 1. The Bertz CT molecular complexity index is 1070. The molecule has 178 valence electrons. The predicted molar refractivity (Wildman–Crippen MR) is 105 cm³/mol. The van der Waals surface area contributed by atoms with Crippen molar-refractivity contribution in [2.24, 2.45) is 0 Å². The van der Waals surface area contributed by atoms with E-state index >= 15 is 8.78 Å². The summed E-state index contributed by atoms with van der Waals surface area (Å²) in [7, 11) is 1.42. The summed E-state index contributed by atoms with van der Waals surface area (Å²) in [5.41, 5.74) is -5.04. The highest BCUT2D eigenvalue weighted by atomic mass is 32.1. The number of likely N-dealkylation sites (tertiary alicyclic amines) is 1. The van der Waals surface area contributed by atoms with E-state index in [0.29, 0.717) is 5.75 Å². The maximum atomic E-state index is 15.4. The normalized spacial score (nSPS) is 24.2. The molecule has 0 spiro atoms. The molecule has 2 aromatic rings. The molecule has 0 radical (unpaired) electrons. The first kappa shape index (κ1) is 24.4. The molecule has 8 nitrogen and oxygen atoms in total. The molecule has 2 aliphatic heterocycles. The minimum atomic E-state index is -5.08. The molecule has 2 amide bonds. The minimum Gasteiger partial charge on any atom is -0.495 e. The number of halogens is 5. The average molecular weight is 493 g/mol. The zero-order valence-corrected chi connectivity index (χ0v) is 17.6. The van der Waals surface area contributed by atoms with Gasteiger partial charge in [0.2, 0.25) is 5.67 Å². The van der Waals surface area contributed by atoms with Gasteiger partial charge >= 0.3 is 12.1 Å². The third-order valence-corrected chi connectivity index (χ3v) is 5.81. The van der Waals surface area contributed by atoms with Gasteiger partial charge in [-0.15, -0.1) is 11.3 Å². The predicted octanol–water partition coefficient (Wildman–Crippen LogP) is 2.70. The SMILES string of the molecule is COc1cscc1C(=O)N1C[C@]2(F)CN(c3ccccn3)C(=O)[C@]2(F)C1.O=C(O)C(F)(F)F. The second-order valence-corrected chi connectivity index (χ2v) is 7.91. The van der Waals surface area contributed by atoms with E-state index in [4.69, 9.17) is 14.6 Å². The fourth-order valence-corrected chi connectivity index (χ4v) is 4.24. The Morgan fingerprint density at radius 3 is 2.36 bits per heavy atom. The number of amides is 2. The number of fused-ring (bicyclic) bond motifs is 1. The lowest BCUT2D eigenvalue weighted by Crippen LogP contribution is -2.47. The number of aromatic nitrogens is 1. The van der Waals surface area contributed by atoms with E-state index in [0.717, 1.165) is 9.80 Å². The van der Waals surface area contributed by atoms with Crippen LogP contribution in [0.1, 0.15) is 10.4 Å². The number of methoxy groups -OCH3 is 1. The molecular weight excluding hydrogens is 477 g/mol. The molecule has 0 unspecified atom stereocenters. The van der Waals surface area contributed by atoms with E-state index in [9.17, 15) is 22.8 Å². The average Bonchev–Trinajstić information content (AvgIpc) is 3.39. The number of carbonyl (C=O) groups excluding carboxylic acids is 2. The van der Waals surface area contributed by atoms with Gasteiger partial charge in [0, 0.05) is 17.0 Å². The molecule has 0 aliphatic carbocycles. The molecule has 1 N–H and O–H groups in total. The van der Waals surface area contributed by atoms with E-state index in [1.165, 1.54) is 30.7 Å². The summed E-state index contributed by atoms with van der Waals surface area (Å²) in [6, 6.07) is 4.80. The molecule has 0 aromatic carbocycles. The number of aliphatic carboxylic acids is 1. The third kappa shape index (κ3) is 4.34. The summed E-state index contributed by atoms with van der Waals surface area (Å²) >= 11 is 1.25. The monoisotopic (exact) mass is 493 g/mol. The smallest absolute Gasteiger partial charge is 0.490 e. The van der Waals surface area contributed by atoms with Crippen LogP contribution in [0.5, 0.6) is 5.75 Å². The van der Waals surface area contributed by atoms with Crippen LogP contribution in [0, 0.1) is 0 Å². The van der Waals surface area contributed by atoms with Crippen LogP contribution in [-0.4, -0.2) is 77.0 Å². The molecule has 14 heteroatoms. The van der Waals surface area contributed by atoms with Gasteiger partial charge in [0.15, 0.2) is 5.67 Å². The van der Waals surface area contributed by atoms with Crippen LogP contribution in [0.15, 0.2) is 35.2 Å². The first-order valence-corrected chi connectivity index (χ1v) is 10.1. The zero-order valence-electron chi connectivity index (χ0n) is 16.8. The van der Waals surface area contributed by atoms with Crippen LogP contribution in [0.25, 0.3) is 0 Å². The molecule has 2 aromatic heterocycles. The minimum absolute atomic E-state index is 0.193. The van der Waals surface area contributed by atoms with Gasteiger partial charge in [-0.05, 0) is 12.1 Å². The molecular formula is C19H16F5N3O5S. The van der Waals surface area contributed by atoms with Crippen LogP contribution in [0.2, 0.25) is 0 Å². The number of alkyl halides is 5. The second kappa shape index (κ2) is 8.57. The number of nitrogens with zero attached hydrogens (tertiary/aromatic N) is 3. The highest BCUT2D eigenvalue weighted by molar-refractivity contribution is 7.08. The maximum Gasteiger partial charge on any atom is 0.490 e. The Labute approximate surface area is 187 Å². The summed E-state index contributed by atoms with van der Waals surface area (Å²) in [6.45, 7) is -1.62. The quantitative estimate of drug-likeness (QED) is 0.661. The van der Waals surface area contributed by atoms with Crippen LogP contribution in [-0.2, 0) is 9.59 Å². The van der Waals surface area contributed by atoms with Gasteiger partial charge in [-0.2, -0.15) is 13.2 Å². The van der Waals surface area contributed by atoms with Gasteiger partial charge in [0.25, 0.3) is 11.8 Å². The van der Waals surface area contributed by atoms with E-state index in [1.807, 2.05) is 0 Å². The highest BCUT2D eigenvalue weighted by Gasteiger charge is 2.72. The maximum absolute atomic E-state index is 15.4. The number of rotatable bonds is 3. The lowest BCUT2D eigenvalue weighted by Gasteiger charge is -2.22. The van der Waals surface area contributed by atoms with Crippen molar-refractivity contribution in [2.75, 3.05) is 31.6 Å². The number of carbonyl (C=O) groups is 3. The van der Waals surface area contributed by atoms with Gasteiger partial charge < -0.3 is 14.7 Å². The second-order valence-electron chi connectivity index (χ2n) is 7.16. The van der Waals surface area contributed by atoms with E-state index < -0.39 is 54.9 Å². The molecule has 2 atom stereocenters. The Morgan fingerprint density at radius 1 is 1.18 bits per heavy atom. The number of carboxylic acid groups (broad SMARTS) is 1. The standard InChI is InChI=1S/C17H15F2N3O3S.C2HF3O2/c1-25-12-7-26-6-11(12)14(23)21-8-16(18)9-22(13-4-2-3-5-20-13)15(24)17(16,19)10-21;3-2(4,5)1(6)7/h2-7H,8-10H2,1H3;(H,6,7)/t16-,17+;/m0./s1. The van der Waals surface area contributed by atoms with Crippen LogP contribution in [0.4, 0.5) is 27.8 Å². The topological polar surface area (TPSA) is 100 Å². The molecule has 4 rings (SSSR count). The fraction of sp³-hybridized carbons (Fsp3) is 0.368. The van der Waals surface area contributed by atoms with Gasteiger partial charge in [-0.25, -0.2) is 18.6 Å². The Hall–Kier alpha value is -3.29. The van der Waals surface area contributed by atoms with Crippen molar-refractivity contribution in [3.05, 3.63) is 40.7 Å². The largest absolute Gasteiger partial charge is 0.495 e. The lowest BCUT2D eigenvalue weighted by molar-refractivity contribution is -0.192. The number of anilines is 1. The van der Waals surface area contributed by atoms with Crippen molar-refractivity contribution >= 4 is 34.9 Å². The summed E-state index contributed by atoms with van der Waals surface area (Å²) < 4.78 is 67.7. The van der Waals surface area contributed by atoms with Crippen molar-refractivity contribution < 1.29 is 46.2 Å². The van der Waals surface area contributed by atoms with Crippen molar-refractivity contribution in [2.45, 2.75) is 17.5 Å². The van der Waals surface area contributed by atoms with Crippen molar-refractivity contribution in [3.63, 3.8) is 0 Å². The van der Waals surface area contributed by atoms with E-state index in [1.54, 1.807) is 22.9 Å². The van der Waals surface area contributed by atoms with Crippen molar-refractivity contribution in [3.8, 4) is 5.75 Å². The lowest BCUT2D eigenvalue weighted by atomic mass is 9.93. The van der Waals surface area contributed by atoms with Crippen molar-refractivity contribution in [1.82, 2.24) is 9.88 Å². The van der Waals surface area contributed by atoms with Gasteiger partial charge in [-0.3, -0.25) is 14.5 Å². The number of ether oxygens (including phenoxy) is 1. The number of thiophene rings is 1. The Balaban J connectivity index is 0.000000383. The number of pyridine rings is 1. The molecule has 2 aliphatic rings. The van der Waals surface area contributed by atoms with Crippen LogP contribution >= 0.6 is 11.3 Å². The van der Waals surface area contributed by atoms with E-state index in [-0.39, 0.29) is 11.4 Å². The molecule has 0 saturated carbocycles. The highest BCUT2D eigenvalue weighted by Crippen LogP contribution is 2.47.